The number of esters is 1. The summed E-state index contributed by atoms with van der Waals surface area (Å²) in [5.41, 5.74) is 0.244. The van der Waals surface area contributed by atoms with Crippen molar-refractivity contribution in [3.63, 3.8) is 0 Å². The van der Waals surface area contributed by atoms with Crippen molar-refractivity contribution in [2.24, 2.45) is 0 Å². The number of aromatic nitrogens is 2. The first-order valence-electron chi connectivity index (χ1n) is 7.07. The maximum Gasteiger partial charge on any atom is 0.379 e. The van der Waals surface area contributed by atoms with E-state index in [4.69, 9.17) is 4.74 Å². The molecular weight excluding hydrogens is 284 g/mol. The van der Waals surface area contributed by atoms with Gasteiger partial charge in [0.15, 0.2) is 0 Å². The molecule has 0 bridgehead atoms. The van der Waals surface area contributed by atoms with Crippen LogP contribution in [0.3, 0.4) is 0 Å². The Morgan fingerprint density at radius 2 is 1.86 bits per heavy atom. The molecule has 116 valence electrons. The minimum absolute atomic E-state index is 0.00155. The van der Waals surface area contributed by atoms with E-state index in [2.05, 4.69) is 0 Å². The predicted molar refractivity (Wildman–Crippen MR) is 81.4 cm³/mol. The predicted octanol–water partition coefficient (Wildman–Crippen LogP) is 1.97. The summed E-state index contributed by atoms with van der Waals surface area (Å²) in [6, 6.07) is 6.48. The van der Waals surface area contributed by atoms with E-state index in [9.17, 15) is 14.4 Å². The number of hydrogen-bond acceptors (Lipinski definition) is 4. The Balaban J connectivity index is 2.52. The molecule has 1 heterocycles. The second-order valence-corrected chi connectivity index (χ2v) is 5.02. The van der Waals surface area contributed by atoms with Gasteiger partial charge in [-0.15, -0.1) is 0 Å². The first-order chi connectivity index (χ1) is 10.5. The zero-order valence-corrected chi connectivity index (χ0v) is 12.8. The highest BCUT2D eigenvalue weighted by molar-refractivity contribution is 6.41. The number of hydrogen-bond donors (Lipinski definition) is 0. The van der Waals surface area contributed by atoms with E-state index in [1.54, 1.807) is 42.1 Å². The highest BCUT2D eigenvalue weighted by atomic mass is 16.5. The zero-order valence-electron chi connectivity index (χ0n) is 12.8. The lowest BCUT2D eigenvalue weighted by Crippen LogP contribution is -2.26. The molecule has 0 saturated carbocycles. The first-order valence-corrected chi connectivity index (χ1v) is 7.07. The van der Waals surface area contributed by atoms with E-state index in [1.807, 2.05) is 13.8 Å². The quantitative estimate of drug-likeness (QED) is 0.481. The van der Waals surface area contributed by atoms with Crippen LogP contribution in [0.1, 0.15) is 37.2 Å². The van der Waals surface area contributed by atoms with Crippen LogP contribution in [0.15, 0.2) is 41.5 Å². The third kappa shape index (κ3) is 2.86. The Morgan fingerprint density at radius 3 is 2.45 bits per heavy atom. The molecule has 0 aliphatic rings. The van der Waals surface area contributed by atoms with Crippen LogP contribution < -0.4 is 5.69 Å². The SMILES string of the molecule is CCOC(=O)C(=O)c1ccccc1-n1ccn(C(C)C)c1=O. The van der Waals surface area contributed by atoms with Crippen LogP contribution in [0.2, 0.25) is 0 Å². The van der Waals surface area contributed by atoms with Crippen LogP contribution in [-0.4, -0.2) is 27.5 Å². The molecule has 0 aliphatic heterocycles. The monoisotopic (exact) mass is 302 g/mol. The summed E-state index contributed by atoms with van der Waals surface area (Å²) in [6.07, 6.45) is 3.23. The van der Waals surface area contributed by atoms with E-state index < -0.39 is 11.8 Å². The molecule has 1 aromatic heterocycles. The molecule has 6 heteroatoms. The lowest BCUT2D eigenvalue weighted by atomic mass is 10.1. The fourth-order valence-corrected chi connectivity index (χ4v) is 2.15. The highest BCUT2D eigenvalue weighted by Crippen LogP contribution is 2.15. The molecule has 0 N–H and O–H groups in total. The van der Waals surface area contributed by atoms with Gasteiger partial charge in [0, 0.05) is 18.4 Å². The highest BCUT2D eigenvalue weighted by Gasteiger charge is 2.22. The molecule has 0 spiro atoms. The van der Waals surface area contributed by atoms with Crippen LogP contribution in [-0.2, 0) is 9.53 Å². The molecule has 0 unspecified atom stereocenters. The normalized spacial score (nSPS) is 10.7. The Hall–Kier alpha value is -2.63. The van der Waals surface area contributed by atoms with Gasteiger partial charge >= 0.3 is 11.7 Å². The van der Waals surface area contributed by atoms with Crippen LogP contribution in [0, 0.1) is 0 Å². The third-order valence-corrected chi connectivity index (χ3v) is 3.23. The Labute approximate surface area is 127 Å². The summed E-state index contributed by atoms with van der Waals surface area (Å²) in [4.78, 5) is 36.2. The Morgan fingerprint density at radius 1 is 1.18 bits per heavy atom. The molecule has 0 fully saturated rings. The van der Waals surface area contributed by atoms with E-state index in [0.717, 1.165) is 0 Å². The summed E-state index contributed by atoms with van der Waals surface area (Å²) in [7, 11) is 0. The van der Waals surface area contributed by atoms with Crippen LogP contribution in [0.4, 0.5) is 0 Å². The van der Waals surface area contributed by atoms with Gasteiger partial charge in [0.05, 0.1) is 17.9 Å². The number of ketones is 1. The van der Waals surface area contributed by atoms with Gasteiger partial charge in [0.2, 0.25) is 0 Å². The average molecular weight is 302 g/mol. The van der Waals surface area contributed by atoms with E-state index in [1.165, 1.54) is 10.6 Å². The minimum atomic E-state index is -0.925. The topological polar surface area (TPSA) is 70.3 Å². The number of para-hydroxylation sites is 1. The number of nitrogens with zero attached hydrogens (tertiary/aromatic N) is 2. The Kier molecular flexibility index (Phi) is 4.60. The summed E-state index contributed by atoms with van der Waals surface area (Å²) in [5.74, 6) is -1.69. The van der Waals surface area contributed by atoms with Crippen molar-refractivity contribution in [1.29, 1.82) is 0 Å². The third-order valence-electron chi connectivity index (χ3n) is 3.23. The van der Waals surface area contributed by atoms with Crippen molar-refractivity contribution in [1.82, 2.24) is 9.13 Å². The van der Waals surface area contributed by atoms with Crippen LogP contribution >= 0.6 is 0 Å². The largest absolute Gasteiger partial charge is 0.460 e. The molecule has 2 aromatic rings. The number of carbonyl (C=O) groups excluding carboxylic acids is 2. The van der Waals surface area contributed by atoms with Gasteiger partial charge in [0.25, 0.3) is 5.78 Å². The number of Topliss-reactive ketones (excluding diaryl/α,β-unsaturated/α-hetero) is 1. The lowest BCUT2D eigenvalue weighted by molar-refractivity contribution is -0.137. The average Bonchev–Trinajstić information content (AvgIpc) is 2.88. The first kappa shape index (κ1) is 15.8. The number of ether oxygens (including phenoxy) is 1. The fraction of sp³-hybridized carbons (Fsp3) is 0.312. The van der Waals surface area contributed by atoms with Crippen molar-refractivity contribution in [2.75, 3.05) is 6.61 Å². The van der Waals surface area contributed by atoms with Crippen LogP contribution in [0.25, 0.3) is 5.69 Å². The lowest BCUT2D eigenvalue weighted by Gasteiger charge is -2.09. The van der Waals surface area contributed by atoms with Crippen molar-refractivity contribution < 1.29 is 14.3 Å². The minimum Gasteiger partial charge on any atom is -0.460 e. The number of imidazole rings is 1. The number of carbonyl (C=O) groups is 2. The zero-order chi connectivity index (χ0) is 16.3. The second-order valence-electron chi connectivity index (χ2n) is 5.02. The maximum absolute atomic E-state index is 12.4. The van der Waals surface area contributed by atoms with E-state index in [-0.39, 0.29) is 23.9 Å². The van der Waals surface area contributed by atoms with Gasteiger partial charge in [-0.1, -0.05) is 12.1 Å². The van der Waals surface area contributed by atoms with Gasteiger partial charge in [-0.25, -0.2) is 9.59 Å². The molecule has 0 aliphatic carbocycles. The van der Waals surface area contributed by atoms with Crippen molar-refractivity contribution >= 4 is 11.8 Å². The molecule has 2 rings (SSSR count). The summed E-state index contributed by atoms with van der Waals surface area (Å²) in [5, 5.41) is 0. The number of rotatable bonds is 5. The van der Waals surface area contributed by atoms with Crippen LogP contribution in [0.5, 0.6) is 0 Å². The summed E-state index contributed by atoms with van der Waals surface area (Å²) in [6.45, 7) is 5.53. The maximum atomic E-state index is 12.4. The van der Waals surface area contributed by atoms with Crippen molar-refractivity contribution in [3.05, 3.63) is 52.7 Å². The van der Waals surface area contributed by atoms with Gasteiger partial charge < -0.3 is 4.74 Å². The van der Waals surface area contributed by atoms with Crippen molar-refractivity contribution in [3.8, 4) is 5.69 Å². The van der Waals surface area contributed by atoms with Gasteiger partial charge in [-0.3, -0.25) is 13.9 Å². The summed E-state index contributed by atoms with van der Waals surface area (Å²) >= 11 is 0. The summed E-state index contributed by atoms with van der Waals surface area (Å²) < 4.78 is 7.64. The molecule has 0 amide bonds. The molecular formula is C16H18N2O4. The number of benzene rings is 1. The van der Waals surface area contributed by atoms with Gasteiger partial charge in [0.1, 0.15) is 0 Å². The fourth-order valence-electron chi connectivity index (χ4n) is 2.15. The van der Waals surface area contributed by atoms with E-state index in [0.29, 0.717) is 5.69 Å². The van der Waals surface area contributed by atoms with Gasteiger partial charge in [-0.2, -0.15) is 0 Å². The molecule has 0 radical (unpaired) electrons. The molecule has 1 aromatic carbocycles. The Bertz CT molecular complexity index is 756. The smallest absolute Gasteiger partial charge is 0.379 e. The van der Waals surface area contributed by atoms with Crippen molar-refractivity contribution in [2.45, 2.75) is 26.8 Å². The molecule has 0 atom stereocenters. The second kappa shape index (κ2) is 6.43. The molecule has 0 saturated heterocycles. The molecule has 6 nitrogen and oxygen atoms in total. The van der Waals surface area contributed by atoms with Gasteiger partial charge in [-0.05, 0) is 32.9 Å². The van der Waals surface area contributed by atoms with E-state index >= 15 is 0 Å². The standard InChI is InChI=1S/C16H18N2O4/c1-4-22-15(20)14(19)12-7-5-6-8-13(12)18-10-9-17(11(2)3)16(18)21/h5-11H,4H2,1-3H3. The molecule has 22 heavy (non-hydrogen) atoms.